The van der Waals surface area contributed by atoms with Crippen LogP contribution in [0.1, 0.15) is 24.3 Å². The van der Waals surface area contributed by atoms with Crippen molar-refractivity contribution in [1.29, 1.82) is 0 Å². The second-order valence-electron chi connectivity index (χ2n) is 4.95. The summed E-state index contributed by atoms with van der Waals surface area (Å²) in [6.07, 6.45) is 3.51. The number of piperidine rings is 1. The van der Waals surface area contributed by atoms with E-state index < -0.39 is 10.0 Å². The number of nitrogens with zero attached hydrogens (tertiary/aromatic N) is 2. The number of anilines is 1. The topological polar surface area (TPSA) is 84.0 Å². The van der Waals surface area contributed by atoms with Crippen LogP contribution in [0.4, 0.5) is 5.13 Å². The van der Waals surface area contributed by atoms with E-state index in [0.29, 0.717) is 5.92 Å². The molecule has 1 aliphatic rings. The Bertz CT molecular complexity index is 677. The van der Waals surface area contributed by atoms with Crippen molar-refractivity contribution in [1.82, 2.24) is 14.7 Å². The third-order valence-electron chi connectivity index (χ3n) is 3.58. The van der Waals surface area contributed by atoms with Gasteiger partial charge in [0.05, 0.1) is 4.90 Å². The van der Waals surface area contributed by atoms with Crippen molar-refractivity contribution < 1.29 is 8.42 Å². The quantitative estimate of drug-likeness (QED) is 0.896. The third-order valence-corrected chi connectivity index (χ3v) is 5.65. The molecule has 0 spiro atoms. The number of hydrogen-bond acceptors (Lipinski definition) is 6. The van der Waals surface area contributed by atoms with E-state index in [-0.39, 0.29) is 10.0 Å². The van der Waals surface area contributed by atoms with Crippen LogP contribution in [0.15, 0.2) is 35.5 Å². The van der Waals surface area contributed by atoms with Crippen LogP contribution in [-0.4, -0.2) is 30.9 Å². The maximum absolute atomic E-state index is 12.2. The van der Waals surface area contributed by atoms with Gasteiger partial charge in [-0.05, 0) is 49.5 Å². The number of benzene rings is 1. The molecule has 6 nitrogen and oxygen atoms in total. The summed E-state index contributed by atoms with van der Waals surface area (Å²) in [5.74, 6) is 0.513. The highest BCUT2D eigenvalue weighted by Crippen LogP contribution is 2.26. The molecule has 1 aliphatic heterocycles. The average molecular weight is 324 g/mol. The van der Waals surface area contributed by atoms with E-state index in [9.17, 15) is 8.42 Å². The van der Waals surface area contributed by atoms with Gasteiger partial charge in [0, 0.05) is 11.5 Å². The van der Waals surface area contributed by atoms with Crippen molar-refractivity contribution in [3.8, 4) is 0 Å². The Morgan fingerprint density at radius 2 is 1.90 bits per heavy atom. The molecule has 0 saturated carbocycles. The van der Waals surface area contributed by atoms with Crippen LogP contribution in [-0.2, 0) is 10.0 Å². The maximum Gasteiger partial charge on any atom is 0.263 e. The highest BCUT2D eigenvalue weighted by molar-refractivity contribution is 7.93. The minimum atomic E-state index is -3.59. The summed E-state index contributed by atoms with van der Waals surface area (Å²) >= 11 is 1.01. The highest BCUT2D eigenvalue weighted by Gasteiger charge is 2.18. The van der Waals surface area contributed by atoms with Crippen molar-refractivity contribution in [3.05, 3.63) is 36.2 Å². The van der Waals surface area contributed by atoms with Crippen LogP contribution in [0.25, 0.3) is 0 Å². The van der Waals surface area contributed by atoms with Gasteiger partial charge in [-0.3, -0.25) is 4.72 Å². The molecule has 0 radical (unpaired) electrons. The predicted octanol–water partition coefficient (Wildman–Crippen LogP) is 1.81. The Morgan fingerprint density at radius 3 is 2.52 bits per heavy atom. The summed E-state index contributed by atoms with van der Waals surface area (Å²) in [7, 11) is -3.59. The van der Waals surface area contributed by atoms with E-state index in [1.807, 2.05) is 12.1 Å². The highest BCUT2D eigenvalue weighted by atomic mass is 32.2. The summed E-state index contributed by atoms with van der Waals surface area (Å²) < 4.78 is 30.6. The first-order valence-electron chi connectivity index (χ1n) is 6.75. The third kappa shape index (κ3) is 3.39. The minimum absolute atomic E-state index is 0.246. The van der Waals surface area contributed by atoms with Crippen LogP contribution < -0.4 is 10.0 Å². The van der Waals surface area contributed by atoms with Gasteiger partial charge in [-0.25, -0.2) is 13.4 Å². The van der Waals surface area contributed by atoms with Gasteiger partial charge in [-0.2, -0.15) is 4.37 Å². The van der Waals surface area contributed by atoms with Crippen molar-refractivity contribution in [2.75, 3.05) is 17.8 Å². The minimum Gasteiger partial charge on any atom is -0.317 e. The zero-order valence-corrected chi connectivity index (χ0v) is 13.0. The largest absolute Gasteiger partial charge is 0.317 e. The first-order chi connectivity index (χ1) is 10.1. The lowest BCUT2D eigenvalue weighted by molar-refractivity contribution is 0.460. The zero-order valence-electron chi connectivity index (χ0n) is 11.3. The fraction of sp³-hybridized carbons (Fsp3) is 0.385. The van der Waals surface area contributed by atoms with Gasteiger partial charge in [0.15, 0.2) is 0 Å². The Balaban J connectivity index is 1.76. The van der Waals surface area contributed by atoms with Gasteiger partial charge >= 0.3 is 0 Å². The lowest BCUT2D eigenvalue weighted by atomic mass is 9.90. The van der Waals surface area contributed by atoms with Crippen molar-refractivity contribution in [2.24, 2.45) is 0 Å². The molecule has 1 aromatic carbocycles. The van der Waals surface area contributed by atoms with Crippen LogP contribution in [0.2, 0.25) is 0 Å². The summed E-state index contributed by atoms with van der Waals surface area (Å²) in [6.45, 7) is 2.03. The second kappa shape index (κ2) is 6.08. The summed E-state index contributed by atoms with van der Waals surface area (Å²) in [5.41, 5.74) is 1.20. The molecule has 0 atom stereocenters. The molecule has 2 heterocycles. The van der Waals surface area contributed by atoms with Gasteiger partial charge in [0.2, 0.25) is 5.13 Å². The van der Waals surface area contributed by atoms with E-state index in [0.717, 1.165) is 37.5 Å². The molecule has 1 saturated heterocycles. The van der Waals surface area contributed by atoms with Crippen molar-refractivity contribution >= 4 is 26.7 Å². The van der Waals surface area contributed by atoms with Gasteiger partial charge in [-0.15, -0.1) is 0 Å². The Morgan fingerprint density at radius 1 is 1.19 bits per heavy atom. The van der Waals surface area contributed by atoms with Gasteiger partial charge < -0.3 is 5.32 Å². The molecule has 1 fully saturated rings. The summed E-state index contributed by atoms with van der Waals surface area (Å²) in [6, 6.07) is 7.12. The SMILES string of the molecule is O=S(=O)(Nc1ncns1)c1ccc(C2CCNCC2)cc1. The molecule has 3 rings (SSSR count). The van der Waals surface area contributed by atoms with Gasteiger partial charge in [-0.1, -0.05) is 12.1 Å². The molecule has 2 N–H and O–H groups in total. The fourth-order valence-corrected chi connectivity index (χ4v) is 4.13. The van der Waals surface area contributed by atoms with E-state index in [1.54, 1.807) is 12.1 Å². The molecule has 2 aromatic rings. The van der Waals surface area contributed by atoms with E-state index in [1.165, 1.54) is 11.9 Å². The second-order valence-corrected chi connectivity index (χ2v) is 7.41. The number of sulfonamides is 1. The fourth-order valence-electron chi connectivity index (χ4n) is 2.47. The lowest BCUT2D eigenvalue weighted by Crippen LogP contribution is -2.26. The molecule has 0 unspecified atom stereocenters. The average Bonchev–Trinajstić information content (AvgIpc) is 3.00. The lowest BCUT2D eigenvalue weighted by Gasteiger charge is -2.23. The molecule has 1 aromatic heterocycles. The maximum atomic E-state index is 12.2. The molecular weight excluding hydrogens is 308 g/mol. The van der Waals surface area contributed by atoms with E-state index >= 15 is 0 Å². The van der Waals surface area contributed by atoms with Gasteiger partial charge in [0.1, 0.15) is 6.33 Å². The Kier molecular flexibility index (Phi) is 4.18. The molecule has 0 aliphatic carbocycles. The van der Waals surface area contributed by atoms with Crippen molar-refractivity contribution in [3.63, 3.8) is 0 Å². The number of aromatic nitrogens is 2. The monoisotopic (exact) mass is 324 g/mol. The van der Waals surface area contributed by atoms with Crippen LogP contribution >= 0.6 is 11.5 Å². The van der Waals surface area contributed by atoms with Gasteiger partial charge in [0.25, 0.3) is 10.0 Å². The van der Waals surface area contributed by atoms with Crippen LogP contribution in [0, 0.1) is 0 Å². The Hall–Kier alpha value is -1.51. The first-order valence-corrected chi connectivity index (χ1v) is 9.01. The Labute approximate surface area is 127 Å². The van der Waals surface area contributed by atoms with E-state index in [4.69, 9.17) is 0 Å². The zero-order chi connectivity index (χ0) is 14.7. The van der Waals surface area contributed by atoms with Crippen LogP contribution in [0.5, 0.6) is 0 Å². The smallest absolute Gasteiger partial charge is 0.263 e. The molecule has 112 valence electrons. The standard InChI is InChI=1S/C13H16N4O2S2/c18-21(19,17-13-15-9-16-20-13)12-3-1-10(2-4-12)11-5-7-14-8-6-11/h1-4,9,11,14H,5-8H2,(H,15,16,17). The van der Waals surface area contributed by atoms with E-state index in [2.05, 4.69) is 19.4 Å². The molecule has 0 amide bonds. The predicted molar refractivity (Wildman–Crippen MR) is 82.0 cm³/mol. The first kappa shape index (κ1) is 14.4. The molecule has 8 heteroatoms. The molecular formula is C13H16N4O2S2. The summed E-state index contributed by atoms with van der Waals surface area (Å²) in [4.78, 5) is 4.07. The number of hydrogen-bond donors (Lipinski definition) is 2. The van der Waals surface area contributed by atoms with Crippen molar-refractivity contribution in [2.45, 2.75) is 23.7 Å². The summed E-state index contributed by atoms with van der Waals surface area (Å²) in [5, 5.41) is 3.60. The number of nitrogens with one attached hydrogen (secondary N) is 2. The number of rotatable bonds is 4. The van der Waals surface area contributed by atoms with Crippen LogP contribution in [0.3, 0.4) is 0 Å². The normalized spacial score (nSPS) is 16.8. The molecule has 0 bridgehead atoms. The molecule has 21 heavy (non-hydrogen) atoms.